The van der Waals surface area contributed by atoms with Gasteiger partial charge in [0.2, 0.25) is 0 Å². The van der Waals surface area contributed by atoms with Crippen LogP contribution in [0, 0.1) is 0 Å². The van der Waals surface area contributed by atoms with Crippen LogP contribution in [0.1, 0.15) is 0 Å². The third-order valence-electron chi connectivity index (χ3n) is 1.01. The summed E-state index contributed by atoms with van der Waals surface area (Å²) < 4.78 is 78.0. The third-order valence-corrected chi connectivity index (χ3v) is 9.11. The highest BCUT2D eigenvalue weighted by Crippen LogP contribution is 2.71. The first-order valence-electron chi connectivity index (χ1n) is 4.43. The van der Waals surface area contributed by atoms with E-state index in [2.05, 4.69) is 21.6 Å². The molecule has 152 valence electrons. The van der Waals surface area contributed by atoms with Gasteiger partial charge in [0.15, 0.2) is 0 Å². The van der Waals surface area contributed by atoms with Crippen molar-refractivity contribution in [2.24, 2.45) is 0 Å². The molecule has 25 heteroatoms. The fraction of sp³-hybridized carbons (Fsp3) is 0. The zero-order valence-electron chi connectivity index (χ0n) is 10.6. The second-order valence-corrected chi connectivity index (χ2v) is 11.9. The maximum atomic E-state index is 11.0. The predicted octanol–water partition coefficient (Wildman–Crippen LogP) is -3.50. The molecule has 6 atom stereocenters. The molecule has 0 aromatic rings. The Morgan fingerprint density at radius 2 is 0.720 bits per heavy atom. The molecule has 0 aromatic carbocycles. The molecule has 0 fully saturated rings. The van der Waals surface area contributed by atoms with Crippen molar-refractivity contribution in [2.75, 3.05) is 0 Å². The second-order valence-electron chi connectivity index (χ2n) is 3.16. The molecular formula is H3O19P6-5. The summed E-state index contributed by atoms with van der Waals surface area (Å²) in [5.74, 6) is 0. The van der Waals surface area contributed by atoms with E-state index in [-0.39, 0.29) is 0 Å². The highest BCUT2D eigenvalue weighted by Gasteiger charge is 2.37. The average Bonchev–Trinajstić information content (AvgIpc) is 1.97. The minimum absolute atomic E-state index is 2.76. The van der Waals surface area contributed by atoms with Gasteiger partial charge in [-0.05, 0) is 0 Å². The van der Waals surface area contributed by atoms with Crippen molar-refractivity contribution in [3.05, 3.63) is 0 Å². The quantitative estimate of drug-likeness (QED) is 0.248. The lowest BCUT2D eigenvalue weighted by molar-refractivity contribution is -0.246. The molecule has 25 heavy (non-hydrogen) atoms. The smallest absolute Gasteiger partial charge is 0.485 e. The van der Waals surface area contributed by atoms with Crippen LogP contribution >= 0.6 is 46.9 Å². The fourth-order valence-electron chi connectivity index (χ4n) is 0.688. The van der Waals surface area contributed by atoms with E-state index in [0.717, 1.165) is 0 Å². The number of rotatable bonds is 10. The number of hydrogen-bond acceptors (Lipinski definition) is 16. The van der Waals surface area contributed by atoms with E-state index in [9.17, 15) is 51.9 Å². The van der Waals surface area contributed by atoms with Gasteiger partial charge in [-0.15, -0.1) is 0 Å². The Balaban J connectivity index is 5.21. The largest absolute Gasteiger partial charge is 0.756 e. The van der Waals surface area contributed by atoms with Crippen LogP contribution in [0.25, 0.3) is 0 Å². The van der Waals surface area contributed by atoms with Crippen molar-refractivity contribution in [3.8, 4) is 0 Å². The normalized spacial score (nSPS) is 26.9. The first-order chi connectivity index (χ1) is 10.5. The summed E-state index contributed by atoms with van der Waals surface area (Å²) in [6.07, 6.45) is 0. The van der Waals surface area contributed by atoms with Crippen molar-refractivity contribution in [2.45, 2.75) is 0 Å². The molecule has 0 bridgehead atoms. The lowest BCUT2D eigenvalue weighted by Gasteiger charge is -2.33. The van der Waals surface area contributed by atoms with E-state index < -0.39 is 46.9 Å². The summed E-state index contributed by atoms with van der Waals surface area (Å²) in [4.78, 5) is 77.5. The molecule has 0 aliphatic carbocycles. The number of phosphoric acid groups is 6. The highest BCUT2D eigenvalue weighted by molar-refractivity contribution is 7.71. The Morgan fingerprint density at radius 1 is 0.480 bits per heavy atom. The zero-order valence-corrected chi connectivity index (χ0v) is 15.9. The molecule has 19 nitrogen and oxygen atoms in total. The van der Waals surface area contributed by atoms with Crippen molar-refractivity contribution in [1.29, 1.82) is 0 Å². The standard InChI is InChI=1S/H8O19P6/c1-20(2,3)15-22(7,8)17-24(11,12)19-25(13,14)18-23(9,10)16-21(4,5)6/h(H,7,8)(H,9,10)(H,11,12)(H,13,14)(H2,1,2,3)(H2,4,5,6)/p-5. The monoisotopic (exact) mass is 493 g/mol. The van der Waals surface area contributed by atoms with Crippen LogP contribution in [-0.4, -0.2) is 14.7 Å². The SMILES string of the molecule is O=P([O-])(O)OP(=O)([O-])OP(=O)([O-])OP(=O)(O)OP(=O)([O-])OP(=O)([O-])O. The third kappa shape index (κ3) is 13.6. The van der Waals surface area contributed by atoms with Gasteiger partial charge in [0.25, 0.3) is 39.1 Å². The van der Waals surface area contributed by atoms with Crippen LogP contribution in [0.15, 0.2) is 0 Å². The van der Waals surface area contributed by atoms with Crippen LogP contribution in [0.4, 0.5) is 0 Å². The lowest BCUT2D eigenvalue weighted by atomic mass is 15.7. The van der Waals surface area contributed by atoms with Gasteiger partial charge in [-0.3, -0.25) is 22.8 Å². The Morgan fingerprint density at radius 3 is 1.00 bits per heavy atom. The molecule has 0 aliphatic rings. The van der Waals surface area contributed by atoms with Gasteiger partial charge < -0.3 is 39.1 Å². The van der Waals surface area contributed by atoms with Crippen molar-refractivity contribution in [3.63, 3.8) is 0 Å². The molecule has 0 aliphatic heterocycles. The van der Waals surface area contributed by atoms with Crippen LogP contribution < -0.4 is 24.5 Å². The minimum atomic E-state index is -6.64. The topological polar surface area (TPSA) is 325 Å². The van der Waals surface area contributed by atoms with E-state index in [1.165, 1.54) is 0 Å². The van der Waals surface area contributed by atoms with Crippen LogP contribution in [0.2, 0.25) is 0 Å². The van der Waals surface area contributed by atoms with Crippen LogP contribution in [-0.2, 0) is 48.9 Å². The first kappa shape index (κ1) is 25.9. The maximum Gasteiger partial charge on any atom is 0.485 e. The van der Waals surface area contributed by atoms with Gasteiger partial charge >= 0.3 is 7.82 Å². The van der Waals surface area contributed by atoms with E-state index in [4.69, 9.17) is 14.7 Å². The first-order valence-corrected chi connectivity index (χ1v) is 13.3. The molecule has 0 radical (unpaired) electrons. The molecule has 0 heterocycles. The summed E-state index contributed by atoms with van der Waals surface area (Å²) in [5.41, 5.74) is 0. The molecule has 0 saturated carbocycles. The Hall–Kier alpha value is 0.860. The summed E-state index contributed by atoms with van der Waals surface area (Å²) in [7, 11) is -38.3. The molecule has 3 N–H and O–H groups in total. The van der Waals surface area contributed by atoms with Crippen molar-refractivity contribution in [1.82, 2.24) is 0 Å². The number of hydrogen-bond donors (Lipinski definition) is 3. The Kier molecular flexibility index (Phi) is 8.35. The van der Waals surface area contributed by atoms with Gasteiger partial charge in [-0.1, -0.05) is 0 Å². The highest BCUT2D eigenvalue weighted by atomic mass is 31.3. The fourth-order valence-corrected chi connectivity index (χ4v) is 7.26. The minimum Gasteiger partial charge on any atom is -0.756 e. The molecule has 0 rings (SSSR count). The molecule has 0 aromatic heterocycles. The van der Waals surface area contributed by atoms with Gasteiger partial charge in [0, 0.05) is 0 Å². The second kappa shape index (κ2) is 8.08. The van der Waals surface area contributed by atoms with Crippen molar-refractivity contribution >= 4 is 46.9 Å². The molecule has 0 saturated heterocycles. The summed E-state index contributed by atoms with van der Waals surface area (Å²) >= 11 is 0. The Bertz CT molecular complexity index is 691. The molecule has 0 spiro atoms. The maximum absolute atomic E-state index is 11.0. The summed E-state index contributed by atoms with van der Waals surface area (Å²) in [6.45, 7) is 0. The van der Waals surface area contributed by atoms with E-state index in [0.29, 0.717) is 0 Å². The van der Waals surface area contributed by atoms with Gasteiger partial charge in [0.05, 0.1) is 0 Å². The van der Waals surface area contributed by atoms with E-state index in [1.807, 2.05) is 0 Å². The molecule has 6 unspecified atom stereocenters. The average molecular weight is 493 g/mol. The van der Waals surface area contributed by atoms with Gasteiger partial charge in [-0.2, -0.15) is 0 Å². The Labute approximate surface area is 136 Å². The zero-order chi connectivity index (χ0) is 20.5. The van der Waals surface area contributed by atoms with Crippen LogP contribution in [0.3, 0.4) is 0 Å². The van der Waals surface area contributed by atoms with Gasteiger partial charge in [0.1, 0.15) is 0 Å². The molecular weight excluding hydrogens is 490 g/mol. The lowest BCUT2D eigenvalue weighted by Crippen LogP contribution is -2.15. The van der Waals surface area contributed by atoms with Crippen molar-refractivity contribution < 1.29 is 88.1 Å². The predicted molar refractivity (Wildman–Crippen MR) is 57.7 cm³/mol. The van der Waals surface area contributed by atoms with Gasteiger partial charge in [-0.25, -0.2) is 26.1 Å². The van der Waals surface area contributed by atoms with E-state index >= 15 is 0 Å². The van der Waals surface area contributed by atoms with E-state index in [1.54, 1.807) is 0 Å². The van der Waals surface area contributed by atoms with Crippen LogP contribution in [0.5, 0.6) is 0 Å². The summed E-state index contributed by atoms with van der Waals surface area (Å²) in [6, 6.07) is 0. The molecule has 0 amide bonds. The summed E-state index contributed by atoms with van der Waals surface area (Å²) in [5, 5.41) is 0.